The van der Waals surface area contributed by atoms with Gasteiger partial charge in [0.2, 0.25) is 15.8 Å². The summed E-state index contributed by atoms with van der Waals surface area (Å²) < 4.78 is 41.4. The maximum atomic E-state index is 12.3. The van der Waals surface area contributed by atoms with E-state index in [1.54, 1.807) is 24.3 Å². The highest BCUT2D eigenvalue weighted by molar-refractivity contribution is 7.89. The van der Waals surface area contributed by atoms with Crippen LogP contribution in [0.4, 0.5) is 0 Å². The number of benzene rings is 1. The zero-order valence-corrected chi connectivity index (χ0v) is 16.1. The Labute approximate surface area is 156 Å². The molecule has 0 bridgehead atoms. The molecular formula is C17H20N2O7S. The molecule has 0 aliphatic heterocycles. The highest BCUT2D eigenvalue weighted by Crippen LogP contribution is 2.18. The topological polar surface area (TPSA) is 125 Å². The van der Waals surface area contributed by atoms with Gasteiger partial charge in [-0.1, -0.05) is 5.16 Å². The number of aromatic nitrogens is 1. The number of rotatable bonds is 8. The second kappa shape index (κ2) is 8.31. The number of carbonyl (C=O) groups excluding carboxylic acids is 2. The van der Waals surface area contributed by atoms with Gasteiger partial charge < -0.3 is 14.0 Å². The predicted molar refractivity (Wildman–Crippen MR) is 94.0 cm³/mol. The van der Waals surface area contributed by atoms with Gasteiger partial charge in [0.05, 0.1) is 7.11 Å². The molecule has 0 saturated heterocycles. The molecule has 1 N–H and O–H groups in total. The Hall–Kier alpha value is -2.72. The second-order valence-electron chi connectivity index (χ2n) is 5.70. The maximum Gasteiger partial charge on any atom is 0.321 e. The van der Waals surface area contributed by atoms with Gasteiger partial charge in [-0.05, 0) is 45.0 Å². The molecule has 9 nitrogen and oxygen atoms in total. The van der Waals surface area contributed by atoms with Crippen molar-refractivity contribution in [3.8, 4) is 5.75 Å². The smallest absolute Gasteiger partial charge is 0.321 e. The molecule has 0 aliphatic carbocycles. The highest BCUT2D eigenvalue weighted by Gasteiger charge is 2.26. The molecule has 1 aromatic heterocycles. The molecule has 0 saturated carbocycles. The third kappa shape index (κ3) is 4.92. The average molecular weight is 396 g/mol. The van der Waals surface area contributed by atoms with Gasteiger partial charge in [-0.15, -0.1) is 0 Å². The number of esters is 1. The van der Waals surface area contributed by atoms with Crippen molar-refractivity contribution >= 4 is 21.8 Å². The lowest BCUT2D eigenvalue weighted by Gasteiger charge is -2.13. The molecule has 0 radical (unpaired) electrons. The molecule has 146 valence electrons. The van der Waals surface area contributed by atoms with Crippen molar-refractivity contribution in [3.05, 3.63) is 41.3 Å². The van der Waals surface area contributed by atoms with Gasteiger partial charge >= 0.3 is 5.97 Å². The molecule has 1 aromatic carbocycles. The molecule has 0 unspecified atom stereocenters. The Bertz CT molecular complexity index is 913. The van der Waals surface area contributed by atoms with Gasteiger partial charge in [-0.2, -0.15) is 4.72 Å². The number of carbonyl (C=O) groups is 2. The van der Waals surface area contributed by atoms with Crippen LogP contribution < -0.4 is 9.46 Å². The number of nitrogens with zero attached hydrogens (tertiary/aromatic N) is 1. The Morgan fingerprint density at radius 2 is 1.85 bits per heavy atom. The van der Waals surface area contributed by atoms with Gasteiger partial charge in [-0.25, -0.2) is 8.42 Å². The number of hydrogen-bond acceptors (Lipinski definition) is 8. The lowest BCUT2D eigenvalue weighted by atomic mass is 10.1. The number of ketones is 1. The minimum atomic E-state index is -4.00. The minimum Gasteiger partial charge on any atom is -0.497 e. The van der Waals surface area contributed by atoms with Crippen LogP contribution >= 0.6 is 0 Å². The van der Waals surface area contributed by atoms with Crippen molar-refractivity contribution in [2.75, 3.05) is 13.7 Å². The molecule has 2 rings (SSSR count). The summed E-state index contributed by atoms with van der Waals surface area (Å²) in [5.74, 6) is -0.611. The lowest BCUT2D eigenvalue weighted by Crippen LogP contribution is -2.34. The summed E-state index contributed by atoms with van der Waals surface area (Å²) in [5.41, 5.74) is 0.517. The molecule has 0 aliphatic rings. The first kappa shape index (κ1) is 20.6. The van der Waals surface area contributed by atoms with Crippen LogP contribution in [-0.4, -0.2) is 45.1 Å². The van der Waals surface area contributed by atoms with E-state index in [1.807, 2.05) is 0 Å². The largest absolute Gasteiger partial charge is 0.497 e. The van der Waals surface area contributed by atoms with Crippen LogP contribution in [0.15, 0.2) is 33.7 Å². The first-order chi connectivity index (χ1) is 12.7. The van der Waals surface area contributed by atoms with Crippen LogP contribution in [0, 0.1) is 13.8 Å². The van der Waals surface area contributed by atoms with Gasteiger partial charge in [0.15, 0.2) is 11.9 Å². The fourth-order valence-electron chi connectivity index (χ4n) is 2.37. The zero-order chi connectivity index (χ0) is 20.2. The van der Waals surface area contributed by atoms with E-state index >= 15 is 0 Å². The normalized spacial score (nSPS) is 12.4. The van der Waals surface area contributed by atoms with Crippen molar-refractivity contribution in [1.82, 2.24) is 9.88 Å². The SMILES string of the molecule is COc1ccc(C(=O)[C@@H](C)OC(=O)CNS(=O)(=O)c2c(C)noc2C)cc1. The molecule has 0 fully saturated rings. The zero-order valence-electron chi connectivity index (χ0n) is 15.3. The monoisotopic (exact) mass is 396 g/mol. The molecular weight excluding hydrogens is 376 g/mol. The van der Waals surface area contributed by atoms with Crippen molar-refractivity contribution < 1.29 is 32.0 Å². The fourth-order valence-corrected chi connectivity index (χ4v) is 3.66. The van der Waals surface area contributed by atoms with E-state index in [2.05, 4.69) is 9.88 Å². The number of nitrogens with one attached hydrogen (secondary N) is 1. The van der Waals surface area contributed by atoms with Gasteiger partial charge in [0.25, 0.3) is 0 Å². The Kier molecular flexibility index (Phi) is 6.34. The van der Waals surface area contributed by atoms with Crippen LogP contribution in [0.5, 0.6) is 5.75 Å². The van der Waals surface area contributed by atoms with Gasteiger partial charge in [0.1, 0.15) is 22.9 Å². The number of methoxy groups -OCH3 is 1. The standard InChI is InChI=1S/C17H20N2O7S/c1-10-17(12(3)26-19-10)27(22,23)18-9-15(20)25-11(2)16(21)13-5-7-14(24-4)8-6-13/h5-8,11,18H,9H2,1-4H3/t11-/m1/s1. The van der Waals surface area contributed by atoms with E-state index in [4.69, 9.17) is 14.0 Å². The Morgan fingerprint density at radius 1 is 1.22 bits per heavy atom. The predicted octanol–water partition coefficient (Wildman–Crippen LogP) is 1.39. The van der Waals surface area contributed by atoms with Crippen LogP contribution in [0.1, 0.15) is 28.7 Å². The molecule has 27 heavy (non-hydrogen) atoms. The minimum absolute atomic E-state index is 0.108. The number of aryl methyl sites for hydroxylation is 2. The first-order valence-electron chi connectivity index (χ1n) is 7.96. The van der Waals surface area contributed by atoms with Crippen molar-refractivity contribution in [2.24, 2.45) is 0 Å². The highest BCUT2D eigenvalue weighted by atomic mass is 32.2. The average Bonchev–Trinajstić information content (AvgIpc) is 2.98. The van der Waals surface area contributed by atoms with Crippen LogP contribution in [0.2, 0.25) is 0 Å². The third-order valence-corrected chi connectivity index (χ3v) is 5.34. The van der Waals surface area contributed by atoms with E-state index in [0.29, 0.717) is 11.3 Å². The van der Waals surface area contributed by atoms with Crippen molar-refractivity contribution in [3.63, 3.8) is 0 Å². The quantitative estimate of drug-likeness (QED) is 0.524. The summed E-state index contributed by atoms with van der Waals surface area (Å²) >= 11 is 0. The lowest BCUT2D eigenvalue weighted by molar-refractivity contribution is -0.144. The molecule has 1 atom stereocenters. The van der Waals surface area contributed by atoms with E-state index in [1.165, 1.54) is 27.9 Å². The summed E-state index contributed by atoms with van der Waals surface area (Å²) in [6.45, 7) is 3.70. The molecule has 10 heteroatoms. The van der Waals surface area contributed by atoms with Gasteiger partial charge in [-0.3, -0.25) is 9.59 Å². The van der Waals surface area contributed by atoms with E-state index in [9.17, 15) is 18.0 Å². The number of hydrogen-bond donors (Lipinski definition) is 1. The number of sulfonamides is 1. The van der Waals surface area contributed by atoms with Crippen LogP contribution in [-0.2, 0) is 19.6 Å². The number of Topliss-reactive ketones (excluding diaryl/α,β-unsaturated/α-hetero) is 1. The van der Waals surface area contributed by atoms with Crippen molar-refractivity contribution in [2.45, 2.75) is 31.8 Å². The first-order valence-corrected chi connectivity index (χ1v) is 9.44. The van der Waals surface area contributed by atoms with Crippen molar-refractivity contribution in [1.29, 1.82) is 0 Å². The molecule has 0 spiro atoms. The summed E-state index contributed by atoms with van der Waals surface area (Å²) in [7, 11) is -2.49. The van der Waals surface area contributed by atoms with E-state index < -0.39 is 34.4 Å². The summed E-state index contributed by atoms with van der Waals surface area (Å²) in [4.78, 5) is 24.1. The summed E-state index contributed by atoms with van der Waals surface area (Å²) in [5, 5.41) is 3.56. The van der Waals surface area contributed by atoms with Crippen LogP contribution in [0.3, 0.4) is 0 Å². The van der Waals surface area contributed by atoms with Crippen LogP contribution in [0.25, 0.3) is 0 Å². The Balaban J connectivity index is 1.95. The van der Waals surface area contributed by atoms with Gasteiger partial charge in [0, 0.05) is 5.56 Å². The molecule has 0 amide bonds. The second-order valence-corrected chi connectivity index (χ2v) is 7.41. The molecule has 1 heterocycles. The fraction of sp³-hybridized carbons (Fsp3) is 0.353. The summed E-state index contributed by atoms with van der Waals surface area (Å²) in [6.07, 6.45) is -1.07. The molecule has 2 aromatic rings. The maximum absolute atomic E-state index is 12.3. The third-order valence-electron chi connectivity index (χ3n) is 3.70. The number of ether oxygens (including phenoxy) is 2. The van der Waals surface area contributed by atoms with E-state index in [-0.39, 0.29) is 16.3 Å². The Morgan fingerprint density at radius 3 is 2.37 bits per heavy atom. The summed E-state index contributed by atoms with van der Waals surface area (Å²) in [6, 6.07) is 6.32. The van der Waals surface area contributed by atoms with E-state index in [0.717, 1.165) is 0 Å².